The lowest BCUT2D eigenvalue weighted by Crippen LogP contribution is -2.19. The second-order valence-electron chi connectivity index (χ2n) is 7.99. The van der Waals surface area contributed by atoms with Crippen molar-refractivity contribution in [3.05, 3.63) is 104 Å². The van der Waals surface area contributed by atoms with Crippen LogP contribution in [0.3, 0.4) is 0 Å². The van der Waals surface area contributed by atoms with E-state index in [0.29, 0.717) is 38.6 Å². The first kappa shape index (κ1) is 25.4. The third-order valence-corrected chi connectivity index (χ3v) is 7.07. The van der Waals surface area contributed by atoms with Gasteiger partial charge in [-0.1, -0.05) is 65.1 Å². The molecule has 3 aromatic carbocycles. The first-order chi connectivity index (χ1) is 17.9. The molecule has 0 bridgehead atoms. The van der Waals surface area contributed by atoms with Crippen molar-refractivity contribution in [2.45, 2.75) is 6.54 Å². The SMILES string of the molecule is O=C(Nc1ccc(CNc2cc(-c3ccccc3Cl)nc3c(Br)cnn23)cc1)Nc1ccc(Cl)c(Cl)c1. The molecule has 0 fully saturated rings. The van der Waals surface area contributed by atoms with Crippen LogP contribution in [0.15, 0.2) is 83.5 Å². The number of nitrogens with one attached hydrogen (secondary N) is 3. The molecule has 0 saturated heterocycles. The van der Waals surface area contributed by atoms with Gasteiger partial charge in [0.1, 0.15) is 5.82 Å². The second-order valence-corrected chi connectivity index (χ2v) is 10.1. The lowest BCUT2D eigenvalue weighted by atomic mass is 10.1. The minimum Gasteiger partial charge on any atom is -0.366 e. The Bertz CT molecular complexity index is 1610. The van der Waals surface area contributed by atoms with Crippen LogP contribution in [-0.2, 0) is 6.54 Å². The number of hydrogen-bond acceptors (Lipinski definition) is 4. The van der Waals surface area contributed by atoms with Crippen molar-refractivity contribution in [3.8, 4) is 11.3 Å². The normalized spacial score (nSPS) is 10.9. The van der Waals surface area contributed by atoms with Gasteiger partial charge < -0.3 is 16.0 Å². The molecule has 0 radical (unpaired) electrons. The largest absolute Gasteiger partial charge is 0.366 e. The van der Waals surface area contributed by atoms with Gasteiger partial charge in [0.15, 0.2) is 5.65 Å². The van der Waals surface area contributed by atoms with E-state index in [0.717, 1.165) is 27.1 Å². The van der Waals surface area contributed by atoms with E-state index in [1.807, 2.05) is 54.6 Å². The number of anilines is 3. The highest BCUT2D eigenvalue weighted by molar-refractivity contribution is 9.10. The number of halogens is 4. The van der Waals surface area contributed by atoms with Crippen molar-refractivity contribution in [3.63, 3.8) is 0 Å². The van der Waals surface area contributed by atoms with Gasteiger partial charge in [0.05, 0.1) is 26.4 Å². The zero-order valence-corrected chi connectivity index (χ0v) is 22.8. The Morgan fingerprint density at radius 1 is 0.865 bits per heavy atom. The summed E-state index contributed by atoms with van der Waals surface area (Å²) in [5.41, 5.74) is 4.42. The molecule has 2 amide bonds. The molecule has 5 rings (SSSR count). The molecule has 0 unspecified atom stereocenters. The molecule has 0 aliphatic rings. The van der Waals surface area contributed by atoms with E-state index in [9.17, 15) is 4.79 Å². The standard InChI is InChI=1S/C26H18BrCl3N6O/c27-19-14-32-36-24(12-23(35-25(19)36)18-3-1-2-4-20(18)28)31-13-15-5-7-16(8-6-15)33-26(37)34-17-9-10-21(29)22(30)11-17/h1-12,14,31H,13H2,(H2,33,34,37). The Labute approximate surface area is 235 Å². The van der Waals surface area contributed by atoms with Gasteiger partial charge in [0, 0.05) is 34.6 Å². The maximum absolute atomic E-state index is 12.3. The number of fused-ring (bicyclic) bond motifs is 1. The Morgan fingerprint density at radius 3 is 2.35 bits per heavy atom. The molecule has 7 nitrogen and oxygen atoms in total. The monoisotopic (exact) mass is 614 g/mol. The van der Waals surface area contributed by atoms with Crippen LogP contribution in [0.5, 0.6) is 0 Å². The minimum absolute atomic E-state index is 0.365. The van der Waals surface area contributed by atoms with Crippen molar-refractivity contribution < 1.29 is 4.79 Å². The van der Waals surface area contributed by atoms with Crippen LogP contribution in [0.4, 0.5) is 22.0 Å². The van der Waals surface area contributed by atoms with Gasteiger partial charge in [-0.2, -0.15) is 9.61 Å². The summed E-state index contributed by atoms with van der Waals surface area (Å²) in [6.07, 6.45) is 1.70. The van der Waals surface area contributed by atoms with Gasteiger partial charge in [-0.25, -0.2) is 9.78 Å². The summed E-state index contributed by atoms with van der Waals surface area (Å²) in [6, 6.07) is 21.5. The van der Waals surface area contributed by atoms with Crippen LogP contribution in [0.25, 0.3) is 16.9 Å². The molecule has 0 aliphatic carbocycles. The second kappa shape index (κ2) is 11.0. The van der Waals surface area contributed by atoms with Crippen molar-refractivity contribution >= 4 is 79.6 Å². The fourth-order valence-electron chi connectivity index (χ4n) is 3.63. The quantitative estimate of drug-likeness (QED) is 0.179. The maximum atomic E-state index is 12.3. The fraction of sp³-hybridized carbons (Fsp3) is 0.0385. The summed E-state index contributed by atoms with van der Waals surface area (Å²) >= 11 is 21.9. The summed E-state index contributed by atoms with van der Waals surface area (Å²) < 4.78 is 2.51. The number of urea groups is 1. The lowest BCUT2D eigenvalue weighted by molar-refractivity contribution is 0.262. The van der Waals surface area contributed by atoms with Crippen LogP contribution in [0.1, 0.15) is 5.56 Å². The van der Waals surface area contributed by atoms with Crippen molar-refractivity contribution in [1.29, 1.82) is 0 Å². The summed E-state index contributed by atoms with van der Waals surface area (Å²) in [7, 11) is 0. The predicted octanol–water partition coefficient (Wildman–Crippen LogP) is 8.38. The van der Waals surface area contributed by atoms with Crippen molar-refractivity contribution in [2.75, 3.05) is 16.0 Å². The zero-order valence-electron chi connectivity index (χ0n) is 19.0. The number of aromatic nitrogens is 3. The Kier molecular flexibility index (Phi) is 7.53. The number of rotatable bonds is 6. The topological polar surface area (TPSA) is 83.3 Å². The van der Waals surface area contributed by atoms with Crippen LogP contribution in [0.2, 0.25) is 15.1 Å². The van der Waals surface area contributed by atoms with Gasteiger partial charge in [-0.15, -0.1) is 0 Å². The predicted molar refractivity (Wildman–Crippen MR) is 154 cm³/mol. The van der Waals surface area contributed by atoms with Crippen LogP contribution in [0, 0.1) is 0 Å². The molecule has 5 aromatic rings. The lowest BCUT2D eigenvalue weighted by Gasteiger charge is -2.12. The van der Waals surface area contributed by atoms with Gasteiger partial charge >= 0.3 is 6.03 Å². The van der Waals surface area contributed by atoms with E-state index in [1.54, 1.807) is 28.9 Å². The number of carbonyl (C=O) groups excluding carboxylic acids is 1. The van der Waals surface area contributed by atoms with E-state index >= 15 is 0 Å². The zero-order chi connectivity index (χ0) is 25.9. The molecule has 11 heteroatoms. The van der Waals surface area contributed by atoms with Gasteiger partial charge in [-0.3, -0.25) is 0 Å². The highest BCUT2D eigenvalue weighted by Crippen LogP contribution is 2.30. The van der Waals surface area contributed by atoms with E-state index in [4.69, 9.17) is 39.8 Å². The Morgan fingerprint density at radius 2 is 1.59 bits per heavy atom. The van der Waals surface area contributed by atoms with Crippen molar-refractivity contribution in [1.82, 2.24) is 14.6 Å². The molecular formula is C26H18BrCl3N6O. The molecule has 2 heterocycles. The van der Waals surface area contributed by atoms with Crippen LogP contribution < -0.4 is 16.0 Å². The number of nitrogens with zero attached hydrogens (tertiary/aromatic N) is 3. The molecule has 37 heavy (non-hydrogen) atoms. The molecule has 0 aliphatic heterocycles. The molecule has 0 saturated carbocycles. The van der Waals surface area contributed by atoms with E-state index in [2.05, 4.69) is 37.0 Å². The average Bonchev–Trinajstić information content (AvgIpc) is 3.26. The average molecular weight is 617 g/mol. The van der Waals surface area contributed by atoms with Crippen LogP contribution >= 0.6 is 50.7 Å². The van der Waals surface area contributed by atoms with Crippen molar-refractivity contribution in [2.24, 2.45) is 0 Å². The summed E-state index contributed by atoms with van der Waals surface area (Å²) in [5.74, 6) is 0.758. The number of amides is 2. The number of hydrogen-bond donors (Lipinski definition) is 3. The highest BCUT2D eigenvalue weighted by Gasteiger charge is 2.13. The fourth-order valence-corrected chi connectivity index (χ4v) is 4.51. The first-order valence-corrected chi connectivity index (χ1v) is 12.9. The molecule has 0 atom stereocenters. The molecular weight excluding hydrogens is 599 g/mol. The van der Waals surface area contributed by atoms with E-state index in [1.165, 1.54) is 0 Å². The van der Waals surface area contributed by atoms with Gasteiger partial charge in [-0.05, 0) is 57.9 Å². The van der Waals surface area contributed by atoms with E-state index < -0.39 is 0 Å². The van der Waals surface area contributed by atoms with Crippen LogP contribution in [-0.4, -0.2) is 20.6 Å². The molecule has 186 valence electrons. The van der Waals surface area contributed by atoms with Gasteiger partial charge in [0.25, 0.3) is 0 Å². The molecule has 2 aromatic heterocycles. The highest BCUT2D eigenvalue weighted by atomic mass is 79.9. The minimum atomic E-state index is -0.389. The first-order valence-electron chi connectivity index (χ1n) is 11.0. The summed E-state index contributed by atoms with van der Waals surface area (Å²) in [6.45, 7) is 0.522. The smallest absolute Gasteiger partial charge is 0.323 e. The van der Waals surface area contributed by atoms with E-state index in [-0.39, 0.29) is 6.03 Å². The van der Waals surface area contributed by atoms with Gasteiger partial charge in [0.2, 0.25) is 0 Å². The number of carbonyl (C=O) groups is 1. The number of benzene rings is 3. The Balaban J connectivity index is 1.28. The Hall–Kier alpha value is -3.30. The third-order valence-electron chi connectivity index (χ3n) is 5.44. The summed E-state index contributed by atoms with van der Waals surface area (Å²) in [4.78, 5) is 17.1. The molecule has 3 N–H and O–H groups in total. The third kappa shape index (κ3) is 5.83. The maximum Gasteiger partial charge on any atom is 0.323 e. The summed E-state index contributed by atoms with van der Waals surface area (Å²) in [5, 5.41) is 14.8. The molecule has 0 spiro atoms.